The van der Waals surface area contributed by atoms with Crippen LogP contribution in [-0.2, 0) is 37.1 Å². The van der Waals surface area contributed by atoms with Gasteiger partial charge in [0.25, 0.3) is 0 Å². The highest BCUT2D eigenvalue weighted by Crippen LogP contribution is 2.18. The first kappa shape index (κ1) is 48.5. The molecule has 7 N–H and O–H groups in total. The fourth-order valence-electron chi connectivity index (χ4n) is 7.12. The molecule has 62 heavy (non-hydrogen) atoms. The summed E-state index contributed by atoms with van der Waals surface area (Å²) >= 11 is 0. The van der Waals surface area contributed by atoms with Gasteiger partial charge >= 0.3 is 23.9 Å². The van der Waals surface area contributed by atoms with E-state index in [2.05, 4.69) is 62.6 Å². The Balaban J connectivity index is 1.05. The fraction of sp³-hybridized carbons (Fsp3) is 0.478. The van der Waals surface area contributed by atoms with Gasteiger partial charge in [-0.05, 0) is 89.1 Å². The van der Waals surface area contributed by atoms with Gasteiger partial charge in [-0.15, -0.1) is 0 Å². The van der Waals surface area contributed by atoms with Crippen molar-refractivity contribution in [1.82, 2.24) is 36.1 Å². The number of para-hydroxylation sites is 2. The summed E-state index contributed by atoms with van der Waals surface area (Å²) in [6.07, 6.45) is 6.67. The summed E-state index contributed by atoms with van der Waals surface area (Å²) in [6.45, 7) is 4.65. The Hall–Kier alpha value is -6.16. The van der Waals surface area contributed by atoms with Crippen molar-refractivity contribution in [3.05, 3.63) is 84.2 Å². The summed E-state index contributed by atoms with van der Waals surface area (Å²) in [6, 6.07) is 21.0. The van der Waals surface area contributed by atoms with Crippen molar-refractivity contribution < 1.29 is 44.1 Å². The summed E-state index contributed by atoms with van der Waals surface area (Å²) in [5.41, 5.74) is 4.00. The van der Waals surface area contributed by atoms with Crippen LogP contribution in [0.25, 0.3) is 21.8 Å². The van der Waals surface area contributed by atoms with E-state index in [0.29, 0.717) is 51.7 Å². The van der Waals surface area contributed by atoms with E-state index in [1.54, 1.807) is 0 Å². The minimum absolute atomic E-state index is 0.0304. The molecule has 4 aromatic rings. The molecule has 0 bridgehead atoms. The minimum Gasteiger partial charge on any atom is -0.481 e. The van der Waals surface area contributed by atoms with Crippen LogP contribution in [0.3, 0.4) is 0 Å². The quantitative estimate of drug-likeness (QED) is 0.0304. The highest BCUT2D eigenvalue weighted by Gasteiger charge is 2.25. The Morgan fingerprint density at radius 1 is 0.565 bits per heavy atom. The van der Waals surface area contributed by atoms with E-state index < -0.39 is 42.4 Å². The number of nitrogens with zero attached hydrogens (tertiary/aromatic N) is 3. The number of carbonyl (C=O) groups is 6. The first-order valence-corrected chi connectivity index (χ1v) is 21.6. The molecule has 16 heteroatoms. The number of hydrogen-bond acceptors (Lipinski definition) is 9. The Labute approximate surface area is 362 Å². The Kier molecular flexibility index (Phi) is 20.5. The summed E-state index contributed by atoms with van der Waals surface area (Å²) in [5.74, 6) is -4.05. The predicted molar refractivity (Wildman–Crippen MR) is 235 cm³/mol. The van der Waals surface area contributed by atoms with Crippen LogP contribution in [0.4, 0.5) is 4.79 Å². The minimum atomic E-state index is -1.48. The zero-order valence-corrected chi connectivity index (χ0v) is 35.5. The van der Waals surface area contributed by atoms with Gasteiger partial charge in [0.2, 0.25) is 11.8 Å². The van der Waals surface area contributed by atoms with Crippen molar-refractivity contribution in [3.8, 4) is 0 Å². The van der Waals surface area contributed by atoms with Crippen molar-refractivity contribution in [1.29, 1.82) is 0 Å². The standard InChI is InChI=1S/C46H61N7O9/c1-32(14-11-13-29-53(30-35-24-22-33-15-6-8-17-37(33)49-35)31-36-25-23-34-16-7-9-18-38(34)50-36)48-42(55)21-5-3-2-4-20-41(54)47-28-12-10-19-39(44(58)59)51-46(62)52-40(45(60)61)26-27-43(56)57/h6-9,15-18,22-25,32,39-40H,2-5,10-14,19-21,26-31H2,1H3,(H,47,54)(H,48,55)(H,56,57)(H,58,59)(H,60,61)(H2,51,52,62). The zero-order valence-electron chi connectivity index (χ0n) is 35.5. The van der Waals surface area contributed by atoms with E-state index in [0.717, 1.165) is 78.3 Å². The molecule has 2 aromatic heterocycles. The molecule has 0 radical (unpaired) electrons. The summed E-state index contributed by atoms with van der Waals surface area (Å²) in [4.78, 5) is 82.9. The Morgan fingerprint density at radius 2 is 1.10 bits per heavy atom. The first-order chi connectivity index (χ1) is 29.9. The highest BCUT2D eigenvalue weighted by atomic mass is 16.4. The van der Waals surface area contributed by atoms with Crippen molar-refractivity contribution in [3.63, 3.8) is 0 Å². The third-order valence-corrected chi connectivity index (χ3v) is 10.5. The number of unbranched alkanes of at least 4 members (excludes halogenated alkanes) is 5. The molecule has 334 valence electrons. The maximum atomic E-state index is 12.6. The molecule has 4 rings (SSSR count). The number of carboxylic acid groups (broad SMARTS) is 3. The van der Waals surface area contributed by atoms with Crippen LogP contribution < -0.4 is 21.3 Å². The van der Waals surface area contributed by atoms with E-state index in [4.69, 9.17) is 15.1 Å². The molecule has 4 amide bonds. The average molecular weight is 856 g/mol. The van der Waals surface area contributed by atoms with Gasteiger partial charge in [0.15, 0.2) is 0 Å². The number of carboxylic acids is 3. The molecule has 2 aromatic carbocycles. The van der Waals surface area contributed by atoms with Gasteiger partial charge < -0.3 is 36.6 Å². The maximum absolute atomic E-state index is 12.6. The number of amides is 4. The first-order valence-electron chi connectivity index (χ1n) is 21.6. The van der Waals surface area contributed by atoms with Crippen molar-refractivity contribution >= 4 is 57.6 Å². The third kappa shape index (κ3) is 18.2. The number of aliphatic carboxylic acids is 3. The lowest BCUT2D eigenvalue weighted by Crippen LogP contribution is -2.51. The lowest BCUT2D eigenvalue weighted by molar-refractivity contribution is -0.141. The van der Waals surface area contributed by atoms with Crippen LogP contribution in [0, 0.1) is 0 Å². The SMILES string of the molecule is CC(CCCCN(Cc1ccc2ccccc2n1)Cc1ccc2ccccc2n1)NC(=O)CCCCCCC(=O)NCCCCC(NC(=O)NC(CCC(=O)O)C(=O)O)C(=O)O. The van der Waals surface area contributed by atoms with Gasteiger partial charge in [-0.1, -0.05) is 67.8 Å². The largest absolute Gasteiger partial charge is 0.481 e. The van der Waals surface area contributed by atoms with Crippen LogP contribution in [0.5, 0.6) is 0 Å². The van der Waals surface area contributed by atoms with Crippen molar-refractivity contribution in [2.75, 3.05) is 13.1 Å². The van der Waals surface area contributed by atoms with Crippen LogP contribution in [-0.4, -0.2) is 97.2 Å². The van der Waals surface area contributed by atoms with E-state index in [1.165, 1.54) is 0 Å². The molecule has 3 atom stereocenters. The molecule has 0 fully saturated rings. The second-order valence-corrected chi connectivity index (χ2v) is 15.8. The third-order valence-electron chi connectivity index (χ3n) is 10.5. The predicted octanol–water partition coefficient (Wildman–Crippen LogP) is 6.16. The van der Waals surface area contributed by atoms with E-state index in [9.17, 15) is 39.0 Å². The number of benzene rings is 2. The van der Waals surface area contributed by atoms with Crippen LogP contribution in [0.15, 0.2) is 72.8 Å². The van der Waals surface area contributed by atoms with Gasteiger partial charge in [0.1, 0.15) is 12.1 Å². The summed E-state index contributed by atoms with van der Waals surface area (Å²) in [5, 5.41) is 39.9. The maximum Gasteiger partial charge on any atom is 0.326 e. The zero-order chi connectivity index (χ0) is 44.7. The number of nitrogens with one attached hydrogen (secondary N) is 4. The van der Waals surface area contributed by atoms with Crippen molar-refractivity contribution in [2.24, 2.45) is 0 Å². The number of aromatic nitrogens is 2. The Bertz CT molecular complexity index is 2020. The smallest absolute Gasteiger partial charge is 0.326 e. The second-order valence-electron chi connectivity index (χ2n) is 15.8. The fourth-order valence-corrected chi connectivity index (χ4v) is 7.12. The molecule has 0 saturated heterocycles. The molecule has 3 unspecified atom stereocenters. The molecule has 2 heterocycles. The molecular formula is C46H61N7O9. The number of hydrogen-bond donors (Lipinski definition) is 7. The number of fused-ring (bicyclic) bond motifs is 2. The van der Waals surface area contributed by atoms with Gasteiger partial charge in [0.05, 0.1) is 22.4 Å². The van der Waals surface area contributed by atoms with Gasteiger partial charge in [-0.3, -0.25) is 29.3 Å². The molecule has 0 aliphatic rings. The number of rotatable bonds is 29. The molecule has 0 aliphatic carbocycles. The van der Waals surface area contributed by atoms with E-state index in [-0.39, 0.29) is 30.7 Å². The highest BCUT2D eigenvalue weighted by molar-refractivity contribution is 5.86. The molecule has 0 spiro atoms. The summed E-state index contributed by atoms with van der Waals surface area (Å²) < 4.78 is 0. The van der Waals surface area contributed by atoms with Gasteiger partial charge in [0, 0.05) is 55.7 Å². The lowest BCUT2D eigenvalue weighted by Gasteiger charge is -2.22. The number of carbonyl (C=O) groups excluding carboxylic acids is 3. The normalized spacial score (nSPS) is 12.7. The molecular weight excluding hydrogens is 795 g/mol. The average Bonchev–Trinajstić information content (AvgIpc) is 3.24. The monoisotopic (exact) mass is 855 g/mol. The molecule has 16 nitrogen and oxygen atoms in total. The van der Waals surface area contributed by atoms with Gasteiger partial charge in [-0.2, -0.15) is 0 Å². The topological polar surface area (TPSA) is 240 Å². The van der Waals surface area contributed by atoms with Crippen LogP contribution >= 0.6 is 0 Å². The lowest BCUT2D eigenvalue weighted by atomic mass is 10.1. The van der Waals surface area contributed by atoms with Crippen LogP contribution in [0.2, 0.25) is 0 Å². The van der Waals surface area contributed by atoms with E-state index in [1.807, 2.05) is 43.3 Å². The van der Waals surface area contributed by atoms with Gasteiger partial charge in [-0.25, -0.2) is 14.4 Å². The van der Waals surface area contributed by atoms with E-state index >= 15 is 0 Å². The number of urea groups is 1. The Morgan fingerprint density at radius 3 is 1.66 bits per heavy atom. The summed E-state index contributed by atoms with van der Waals surface area (Å²) in [7, 11) is 0. The van der Waals surface area contributed by atoms with Crippen molar-refractivity contribution in [2.45, 2.75) is 128 Å². The molecule has 0 aliphatic heterocycles. The second kappa shape index (κ2) is 26.2. The van der Waals surface area contributed by atoms with Crippen LogP contribution in [0.1, 0.15) is 108 Å². The molecule has 0 saturated carbocycles. The number of pyridine rings is 2.